The molecule has 1 fully saturated rings. The zero-order valence-corrected chi connectivity index (χ0v) is 10.1. The van der Waals surface area contributed by atoms with E-state index in [0.29, 0.717) is 12.0 Å². The van der Waals surface area contributed by atoms with E-state index in [2.05, 4.69) is 24.5 Å². The van der Waals surface area contributed by atoms with E-state index >= 15 is 0 Å². The van der Waals surface area contributed by atoms with E-state index in [9.17, 15) is 5.11 Å². The number of nitrogens with one attached hydrogen (secondary N) is 2. The average Bonchev–Trinajstić information content (AvgIpc) is 2.72. The standard InChI is InChI=1S/C12H26N2O/c1-3-10(4-2)12(15)9-13-8-11-6-5-7-14-11/h10-15H,3-9H2,1-2H3. The molecule has 1 heterocycles. The summed E-state index contributed by atoms with van der Waals surface area (Å²) in [5.74, 6) is 0.453. The van der Waals surface area contributed by atoms with Crippen LogP contribution in [-0.4, -0.2) is 36.9 Å². The molecule has 3 heteroatoms. The van der Waals surface area contributed by atoms with Crippen LogP contribution >= 0.6 is 0 Å². The highest BCUT2D eigenvalue weighted by molar-refractivity contribution is 4.77. The van der Waals surface area contributed by atoms with Crippen molar-refractivity contribution >= 4 is 0 Å². The second kappa shape index (κ2) is 7.20. The fourth-order valence-corrected chi connectivity index (χ4v) is 2.34. The molecule has 2 unspecified atom stereocenters. The van der Waals surface area contributed by atoms with Gasteiger partial charge in [-0.1, -0.05) is 26.7 Å². The number of aliphatic hydroxyl groups is 1. The molecule has 15 heavy (non-hydrogen) atoms. The Kier molecular flexibility index (Phi) is 6.22. The van der Waals surface area contributed by atoms with Crippen molar-refractivity contribution in [3.63, 3.8) is 0 Å². The second-order valence-electron chi connectivity index (χ2n) is 4.60. The van der Waals surface area contributed by atoms with Crippen molar-refractivity contribution in [3.05, 3.63) is 0 Å². The van der Waals surface area contributed by atoms with Crippen molar-refractivity contribution in [2.45, 2.75) is 51.7 Å². The van der Waals surface area contributed by atoms with Crippen molar-refractivity contribution in [2.24, 2.45) is 5.92 Å². The molecule has 3 N–H and O–H groups in total. The first kappa shape index (κ1) is 12.9. The van der Waals surface area contributed by atoms with Crippen LogP contribution in [0.4, 0.5) is 0 Å². The molecule has 1 aliphatic heterocycles. The van der Waals surface area contributed by atoms with Crippen LogP contribution in [-0.2, 0) is 0 Å². The zero-order chi connectivity index (χ0) is 11.1. The van der Waals surface area contributed by atoms with Crippen LogP contribution in [0.2, 0.25) is 0 Å². The quantitative estimate of drug-likeness (QED) is 0.595. The molecular formula is C12H26N2O. The summed E-state index contributed by atoms with van der Waals surface area (Å²) in [4.78, 5) is 0. The highest BCUT2D eigenvalue weighted by Gasteiger charge is 2.17. The van der Waals surface area contributed by atoms with Crippen molar-refractivity contribution in [3.8, 4) is 0 Å². The fourth-order valence-electron chi connectivity index (χ4n) is 2.34. The van der Waals surface area contributed by atoms with Crippen LogP contribution in [0.3, 0.4) is 0 Å². The van der Waals surface area contributed by atoms with Gasteiger partial charge in [0.2, 0.25) is 0 Å². The molecule has 0 aromatic rings. The van der Waals surface area contributed by atoms with E-state index in [1.807, 2.05) is 0 Å². The van der Waals surface area contributed by atoms with Gasteiger partial charge in [0.15, 0.2) is 0 Å². The van der Waals surface area contributed by atoms with E-state index in [-0.39, 0.29) is 6.10 Å². The summed E-state index contributed by atoms with van der Waals surface area (Å²) in [6.07, 6.45) is 4.53. The summed E-state index contributed by atoms with van der Waals surface area (Å²) >= 11 is 0. The van der Waals surface area contributed by atoms with Gasteiger partial charge in [0.1, 0.15) is 0 Å². The van der Waals surface area contributed by atoms with Gasteiger partial charge in [-0.2, -0.15) is 0 Å². The van der Waals surface area contributed by atoms with E-state index < -0.39 is 0 Å². The SMILES string of the molecule is CCC(CC)C(O)CNCC1CCCN1. The normalized spacial score (nSPS) is 23.6. The van der Waals surface area contributed by atoms with Gasteiger partial charge in [0.05, 0.1) is 6.10 Å². The van der Waals surface area contributed by atoms with E-state index in [0.717, 1.165) is 32.5 Å². The summed E-state index contributed by atoms with van der Waals surface area (Å²) < 4.78 is 0. The molecule has 90 valence electrons. The molecule has 0 aliphatic carbocycles. The highest BCUT2D eigenvalue weighted by atomic mass is 16.3. The van der Waals surface area contributed by atoms with Crippen LogP contribution in [0.25, 0.3) is 0 Å². The van der Waals surface area contributed by atoms with Crippen molar-refractivity contribution in [1.82, 2.24) is 10.6 Å². The number of rotatable bonds is 7. The van der Waals surface area contributed by atoms with E-state index in [4.69, 9.17) is 0 Å². The molecule has 0 bridgehead atoms. The van der Waals surface area contributed by atoms with Gasteiger partial charge in [0.25, 0.3) is 0 Å². The molecule has 0 aromatic carbocycles. The smallest absolute Gasteiger partial charge is 0.0692 e. The summed E-state index contributed by atoms with van der Waals surface area (Å²) in [5.41, 5.74) is 0. The molecule has 0 radical (unpaired) electrons. The lowest BCUT2D eigenvalue weighted by Gasteiger charge is -2.21. The first-order valence-corrected chi connectivity index (χ1v) is 6.40. The largest absolute Gasteiger partial charge is 0.392 e. The lowest BCUT2D eigenvalue weighted by molar-refractivity contribution is 0.101. The highest BCUT2D eigenvalue weighted by Crippen LogP contribution is 2.12. The van der Waals surface area contributed by atoms with Crippen LogP contribution in [0.5, 0.6) is 0 Å². The van der Waals surface area contributed by atoms with Crippen LogP contribution in [0.1, 0.15) is 39.5 Å². The van der Waals surface area contributed by atoms with Gasteiger partial charge < -0.3 is 15.7 Å². The zero-order valence-electron chi connectivity index (χ0n) is 10.1. The first-order valence-electron chi connectivity index (χ1n) is 6.40. The van der Waals surface area contributed by atoms with Crippen molar-refractivity contribution in [2.75, 3.05) is 19.6 Å². The van der Waals surface area contributed by atoms with E-state index in [1.165, 1.54) is 12.8 Å². The molecule has 1 saturated heterocycles. The van der Waals surface area contributed by atoms with Gasteiger partial charge in [0, 0.05) is 19.1 Å². The van der Waals surface area contributed by atoms with Crippen LogP contribution < -0.4 is 10.6 Å². The molecule has 0 amide bonds. The second-order valence-corrected chi connectivity index (χ2v) is 4.60. The lowest BCUT2D eigenvalue weighted by atomic mass is 9.96. The maximum atomic E-state index is 9.90. The molecule has 0 spiro atoms. The molecule has 3 nitrogen and oxygen atoms in total. The Morgan fingerprint density at radius 1 is 1.40 bits per heavy atom. The summed E-state index contributed by atoms with van der Waals surface area (Å²) in [5, 5.41) is 16.7. The fraction of sp³-hybridized carbons (Fsp3) is 1.00. The molecule has 0 saturated carbocycles. The maximum absolute atomic E-state index is 9.90. The van der Waals surface area contributed by atoms with Gasteiger partial charge in [-0.3, -0.25) is 0 Å². The molecule has 0 aromatic heterocycles. The molecule has 1 rings (SSSR count). The summed E-state index contributed by atoms with van der Waals surface area (Å²) in [6, 6.07) is 0.624. The van der Waals surface area contributed by atoms with Gasteiger partial charge in [-0.05, 0) is 25.3 Å². The van der Waals surface area contributed by atoms with Gasteiger partial charge >= 0.3 is 0 Å². The number of aliphatic hydroxyl groups excluding tert-OH is 1. The summed E-state index contributed by atoms with van der Waals surface area (Å²) in [6.45, 7) is 7.19. The Morgan fingerprint density at radius 2 is 2.13 bits per heavy atom. The minimum Gasteiger partial charge on any atom is -0.392 e. The average molecular weight is 214 g/mol. The minimum absolute atomic E-state index is 0.179. The van der Waals surface area contributed by atoms with Crippen LogP contribution in [0.15, 0.2) is 0 Å². The van der Waals surface area contributed by atoms with Gasteiger partial charge in [-0.25, -0.2) is 0 Å². The Hall–Kier alpha value is -0.120. The van der Waals surface area contributed by atoms with E-state index in [1.54, 1.807) is 0 Å². The van der Waals surface area contributed by atoms with Crippen molar-refractivity contribution in [1.29, 1.82) is 0 Å². The topological polar surface area (TPSA) is 44.3 Å². The maximum Gasteiger partial charge on any atom is 0.0692 e. The monoisotopic (exact) mass is 214 g/mol. The Balaban J connectivity index is 2.07. The van der Waals surface area contributed by atoms with Crippen LogP contribution in [0, 0.1) is 5.92 Å². The number of hydrogen-bond acceptors (Lipinski definition) is 3. The van der Waals surface area contributed by atoms with Gasteiger partial charge in [-0.15, -0.1) is 0 Å². The Bertz CT molecular complexity index is 154. The summed E-state index contributed by atoms with van der Waals surface area (Å²) in [7, 11) is 0. The third kappa shape index (κ3) is 4.49. The first-order chi connectivity index (χ1) is 7.27. The predicted molar refractivity (Wildman–Crippen MR) is 64.0 cm³/mol. The predicted octanol–water partition coefficient (Wildman–Crippen LogP) is 1.13. The third-order valence-electron chi connectivity index (χ3n) is 3.50. The third-order valence-corrected chi connectivity index (χ3v) is 3.50. The number of hydrogen-bond donors (Lipinski definition) is 3. The molecule has 1 aliphatic rings. The minimum atomic E-state index is -0.179. The lowest BCUT2D eigenvalue weighted by Crippen LogP contribution is -2.39. The Labute approximate surface area is 93.6 Å². The molecule has 2 atom stereocenters. The molecular weight excluding hydrogens is 188 g/mol. The van der Waals surface area contributed by atoms with Crippen molar-refractivity contribution < 1.29 is 5.11 Å². The Morgan fingerprint density at radius 3 is 2.67 bits per heavy atom.